The number of aromatic nitrogens is 2. The Morgan fingerprint density at radius 1 is 1.20 bits per heavy atom. The molecule has 0 atom stereocenters. The summed E-state index contributed by atoms with van der Waals surface area (Å²) in [6, 6.07) is 4.21. The van der Waals surface area contributed by atoms with Crippen LogP contribution in [0.4, 0.5) is 5.69 Å². The third kappa shape index (κ3) is 1.57. The summed E-state index contributed by atoms with van der Waals surface area (Å²) in [6.07, 6.45) is 5.96. The van der Waals surface area contributed by atoms with E-state index in [1.165, 1.54) is 5.69 Å². The number of nitrogens with zero attached hydrogens (tertiary/aromatic N) is 3. The molecule has 3 heterocycles. The monoisotopic (exact) mass is 202 g/mol. The van der Waals surface area contributed by atoms with E-state index in [4.69, 9.17) is 0 Å². The Morgan fingerprint density at radius 2 is 2.07 bits per heavy atom. The van der Waals surface area contributed by atoms with Crippen LogP contribution in [0.25, 0.3) is 5.65 Å². The second-order valence-electron chi connectivity index (χ2n) is 3.82. The first-order valence-corrected chi connectivity index (χ1v) is 5.32. The zero-order valence-corrected chi connectivity index (χ0v) is 8.56. The summed E-state index contributed by atoms with van der Waals surface area (Å²) >= 11 is 0. The fraction of sp³-hybridized carbons (Fsp3) is 0.364. The van der Waals surface area contributed by atoms with Gasteiger partial charge < -0.3 is 14.6 Å². The Labute approximate surface area is 88.5 Å². The molecule has 2 aromatic heterocycles. The topological polar surface area (TPSA) is 32.6 Å². The smallest absolute Gasteiger partial charge is 0.136 e. The number of hydrogen-bond acceptors (Lipinski definition) is 3. The number of fused-ring (bicyclic) bond motifs is 1. The first-order chi connectivity index (χ1) is 7.43. The lowest BCUT2D eigenvalue weighted by Gasteiger charge is -2.29. The minimum Gasteiger partial charge on any atom is -0.368 e. The normalized spacial score (nSPS) is 17.2. The van der Waals surface area contributed by atoms with Crippen LogP contribution < -0.4 is 10.2 Å². The number of hydrogen-bond donors (Lipinski definition) is 1. The highest BCUT2D eigenvalue weighted by Gasteiger charge is 2.10. The van der Waals surface area contributed by atoms with Crippen molar-refractivity contribution in [3.63, 3.8) is 0 Å². The quantitative estimate of drug-likeness (QED) is 0.740. The molecule has 15 heavy (non-hydrogen) atoms. The van der Waals surface area contributed by atoms with Crippen LogP contribution in [-0.2, 0) is 0 Å². The highest BCUT2D eigenvalue weighted by atomic mass is 15.2. The van der Waals surface area contributed by atoms with Crippen LogP contribution in [0.3, 0.4) is 0 Å². The van der Waals surface area contributed by atoms with Gasteiger partial charge in [-0.15, -0.1) is 0 Å². The van der Waals surface area contributed by atoms with E-state index in [2.05, 4.69) is 37.9 Å². The number of anilines is 1. The molecule has 2 aromatic rings. The minimum absolute atomic E-state index is 1.01. The molecule has 4 heteroatoms. The van der Waals surface area contributed by atoms with E-state index in [1.54, 1.807) is 0 Å². The van der Waals surface area contributed by atoms with E-state index in [-0.39, 0.29) is 0 Å². The van der Waals surface area contributed by atoms with Crippen molar-refractivity contribution in [3.8, 4) is 0 Å². The highest BCUT2D eigenvalue weighted by molar-refractivity contribution is 5.52. The summed E-state index contributed by atoms with van der Waals surface area (Å²) in [7, 11) is 0. The Morgan fingerprint density at radius 3 is 2.93 bits per heavy atom. The van der Waals surface area contributed by atoms with Crippen molar-refractivity contribution >= 4 is 11.3 Å². The highest BCUT2D eigenvalue weighted by Crippen LogP contribution is 2.15. The Kier molecular flexibility index (Phi) is 2.07. The van der Waals surface area contributed by atoms with Crippen molar-refractivity contribution in [1.29, 1.82) is 0 Å². The zero-order chi connectivity index (χ0) is 10.1. The minimum atomic E-state index is 1.01. The summed E-state index contributed by atoms with van der Waals surface area (Å²) in [6.45, 7) is 4.31. The second kappa shape index (κ2) is 3.55. The van der Waals surface area contributed by atoms with Crippen LogP contribution in [0.15, 0.2) is 30.7 Å². The van der Waals surface area contributed by atoms with Crippen molar-refractivity contribution in [2.75, 3.05) is 31.1 Å². The Balaban J connectivity index is 1.95. The van der Waals surface area contributed by atoms with Crippen LogP contribution in [0.5, 0.6) is 0 Å². The molecule has 0 unspecified atom stereocenters. The van der Waals surface area contributed by atoms with E-state index in [0.717, 1.165) is 31.8 Å². The molecule has 0 aliphatic carbocycles. The predicted molar refractivity (Wildman–Crippen MR) is 60.3 cm³/mol. The SMILES string of the molecule is c1cn2cc(N3CCNCC3)ccc2n1. The number of piperazine rings is 1. The third-order valence-electron chi connectivity index (χ3n) is 2.86. The molecule has 0 spiro atoms. The second-order valence-corrected chi connectivity index (χ2v) is 3.82. The van der Waals surface area contributed by atoms with Crippen LogP contribution in [0.1, 0.15) is 0 Å². The molecular weight excluding hydrogens is 188 g/mol. The standard InChI is InChI=1S/C11H14N4/c1-2-11-13-5-8-15(11)9-10(1)14-6-3-12-4-7-14/h1-2,5,8-9,12H,3-4,6-7H2. The summed E-state index contributed by atoms with van der Waals surface area (Å²) in [5.74, 6) is 0. The Bertz CT molecular complexity index is 456. The van der Waals surface area contributed by atoms with Crippen molar-refractivity contribution in [3.05, 3.63) is 30.7 Å². The zero-order valence-electron chi connectivity index (χ0n) is 8.56. The van der Waals surface area contributed by atoms with Gasteiger partial charge in [0.05, 0.1) is 5.69 Å². The van der Waals surface area contributed by atoms with Gasteiger partial charge in [-0.25, -0.2) is 4.98 Å². The lowest BCUT2D eigenvalue weighted by Crippen LogP contribution is -2.43. The molecule has 0 amide bonds. The van der Waals surface area contributed by atoms with E-state index in [9.17, 15) is 0 Å². The molecule has 0 saturated carbocycles. The molecule has 1 fully saturated rings. The molecule has 78 valence electrons. The van der Waals surface area contributed by atoms with Gasteiger partial charge in [0.25, 0.3) is 0 Å². The molecular formula is C11H14N4. The lowest BCUT2D eigenvalue weighted by molar-refractivity contribution is 0.588. The molecule has 4 nitrogen and oxygen atoms in total. The van der Waals surface area contributed by atoms with E-state index in [1.807, 2.05) is 12.4 Å². The first-order valence-electron chi connectivity index (χ1n) is 5.32. The molecule has 3 rings (SSSR count). The first kappa shape index (κ1) is 8.73. The van der Waals surface area contributed by atoms with Crippen molar-refractivity contribution in [1.82, 2.24) is 14.7 Å². The number of pyridine rings is 1. The fourth-order valence-corrected chi connectivity index (χ4v) is 2.02. The third-order valence-corrected chi connectivity index (χ3v) is 2.86. The van der Waals surface area contributed by atoms with E-state index >= 15 is 0 Å². The number of nitrogens with one attached hydrogen (secondary N) is 1. The van der Waals surface area contributed by atoms with Gasteiger partial charge >= 0.3 is 0 Å². The molecule has 1 N–H and O–H groups in total. The van der Waals surface area contributed by atoms with Gasteiger partial charge in [-0.3, -0.25) is 0 Å². The summed E-state index contributed by atoms with van der Waals surface area (Å²) in [5.41, 5.74) is 2.29. The largest absolute Gasteiger partial charge is 0.368 e. The number of rotatable bonds is 1. The maximum atomic E-state index is 4.24. The van der Waals surface area contributed by atoms with Crippen LogP contribution in [0, 0.1) is 0 Å². The summed E-state index contributed by atoms with van der Waals surface area (Å²) in [5, 5.41) is 3.36. The van der Waals surface area contributed by atoms with Crippen molar-refractivity contribution in [2.45, 2.75) is 0 Å². The fourth-order valence-electron chi connectivity index (χ4n) is 2.02. The van der Waals surface area contributed by atoms with Crippen LogP contribution >= 0.6 is 0 Å². The summed E-state index contributed by atoms with van der Waals surface area (Å²) in [4.78, 5) is 6.64. The van der Waals surface area contributed by atoms with Crippen molar-refractivity contribution in [2.24, 2.45) is 0 Å². The Hall–Kier alpha value is -1.55. The van der Waals surface area contributed by atoms with Gasteiger partial charge in [0.2, 0.25) is 0 Å². The molecule has 0 bridgehead atoms. The maximum Gasteiger partial charge on any atom is 0.136 e. The van der Waals surface area contributed by atoms with Crippen LogP contribution in [0.2, 0.25) is 0 Å². The number of imidazole rings is 1. The van der Waals surface area contributed by atoms with Gasteiger partial charge in [-0.05, 0) is 12.1 Å². The summed E-state index contributed by atoms with van der Waals surface area (Å²) < 4.78 is 2.07. The van der Waals surface area contributed by atoms with E-state index < -0.39 is 0 Å². The predicted octanol–water partition coefficient (Wildman–Crippen LogP) is 0.744. The average molecular weight is 202 g/mol. The van der Waals surface area contributed by atoms with E-state index in [0.29, 0.717) is 0 Å². The van der Waals surface area contributed by atoms with Gasteiger partial charge in [-0.1, -0.05) is 0 Å². The lowest BCUT2D eigenvalue weighted by atomic mass is 10.3. The maximum absolute atomic E-state index is 4.24. The molecule has 1 aliphatic heterocycles. The molecule has 0 radical (unpaired) electrons. The van der Waals surface area contributed by atoms with Gasteiger partial charge in [0.15, 0.2) is 0 Å². The van der Waals surface area contributed by atoms with Crippen molar-refractivity contribution < 1.29 is 0 Å². The van der Waals surface area contributed by atoms with Gasteiger partial charge in [-0.2, -0.15) is 0 Å². The van der Waals surface area contributed by atoms with Crippen LogP contribution in [-0.4, -0.2) is 35.6 Å². The molecule has 1 saturated heterocycles. The van der Waals surface area contributed by atoms with Gasteiger partial charge in [0, 0.05) is 44.8 Å². The molecule has 0 aromatic carbocycles. The van der Waals surface area contributed by atoms with Gasteiger partial charge in [0.1, 0.15) is 5.65 Å². The molecule has 1 aliphatic rings. The average Bonchev–Trinajstić information content (AvgIpc) is 2.77.